The molecule has 31 heavy (non-hydrogen) atoms. The number of aromatic nitrogens is 3. The molecule has 1 unspecified atom stereocenters. The number of halogens is 2. The summed E-state index contributed by atoms with van der Waals surface area (Å²) < 4.78 is 34.0. The van der Waals surface area contributed by atoms with Crippen molar-refractivity contribution < 1.29 is 18.6 Å². The quantitative estimate of drug-likeness (QED) is 0.627. The van der Waals surface area contributed by atoms with E-state index in [1.54, 1.807) is 18.2 Å². The maximum Gasteiger partial charge on any atom is 0.251 e. The smallest absolute Gasteiger partial charge is 0.251 e. The Morgan fingerprint density at radius 3 is 2.90 bits per heavy atom. The van der Waals surface area contributed by atoms with Gasteiger partial charge in [0.1, 0.15) is 12.0 Å². The van der Waals surface area contributed by atoms with Gasteiger partial charge in [-0.25, -0.2) is 18.7 Å². The van der Waals surface area contributed by atoms with Crippen molar-refractivity contribution in [1.29, 1.82) is 0 Å². The standard InChI is InChI=1S/C22H22F2N4O3/c23-16-3-1-2-15(10-16)20(12-29)28-8-5-14(11-21(28)30)18-4-7-25-22(26-18)27-19-6-9-31-13-17(19)24/h1-5,7-8,10-11,17,19-20,29H,6,9,12-13H2,(H,25,26,27)/t17-,19+,20?/m1/s1. The molecule has 1 aromatic carbocycles. The molecule has 0 saturated carbocycles. The first-order valence-corrected chi connectivity index (χ1v) is 9.95. The molecule has 3 heterocycles. The lowest BCUT2D eigenvalue weighted by molar-refractivity contribution is 0.0284. The molecule has 1 fully saturated rings. The normalized spacial score (nSPS) is 19.7. The highest BCUT2D eigenvalue weighted by Gasteiger charge is 2.26. The molecule has 4 rings (SSSR count). The Kier molecular flexibility index (Phi) is 6.34. The highest BCUT2D eigenvalue weighted by molar-refractivity contribution is 5.59. The van der Waals surface area contributed by atoms with Gasteiger partial charge in [0, 0.05) is 30.6 Å². The van der Waals surface area contributed by atoms with Gasteiger partial charge in [0.05, 0.1) is 31.0 Å². The molecule has 0 aliphatic carbocycles. The van der Waals surface area contributed by atoms with Crippen LogP contribution in [-0.2, 0) is 4.74 Å². The van der Waals surface area contributed by atoms with Crippen LogP contribution in [0, 0.1) is 5.82 Å². The first-order chi connectivity index (χ1) is 15.0. The van der Waals surface area contributed by atoms with Crippen LogP contribution in [-0.4, -0.2) is 51.7 Å². The number of alkyl halides is 1. The predicted molar refractivity (Wildman–Crippen MR) is 111 cm³/mol. The van der Waals surface area contributed by atoms with Crippen molar-refractivity contribution in [2.45, 2.75) is 24.7 Å². The fourth-order valence-corrected chi connectivity index (χ4v) is 3.60. The molecule has 3 atom stereocenters. The van der Waals surface area contributed by atoms with Crippen LogP contribution in [0.5, 0.6) is 0 Å². The van der Waals surface area contributed by atoms with Gasteiger partial charge in [-0.3, -0.25) is 4.79 Å². The minimum Gasteiger partial charge on any atom is -0.394 e. The summed E-state index contributed by atoms with van der Waals surface area (Å²) >= 11 is 0. The highest BCUT2D eigenvalue weighted by Crippen LogP contribution is 2.21. The second-order valence-electron chi connectivity index (χ2n) is 7.31. The van der Waals surface area contributed by atoms with Gasteiger partial charge in [-0.15, -0.1) is 0 Å². The summed E-state index contributed by atoms with van der Waals surface area (Å²) in [5.41, 5.74) is 1.16. The lowest BCUT2D eigenvalue weighted by Gasteiger charge is -2.26. The Morgan fingerprint density at radius 1 is 1.29 bits per heavy atom. The first kappa shape index (κ1) is 21.1. The number of aliphatic hydroxyl groups excluding tert-OH is 1. The minimum atomic E-state index is -1.15. The Morgan fingerprint density at radius 2 is 2.16 bits per heavy atom. The van der Waals surface area contributed by atoms with E-state index in [1.807, 2.05) is 0 Å². The first-order valence-electron chi connectivity index (χ1n) is 9.95. The molecule has 0 bridgehead atoms. The number of rotatable bonds is 6. The van der Waals surface area contributed by atoms with Crippen molar-refractivity contribution in [3.05, 3.63) is 76.6 Å². The molecule has 7 nitrogen and oxygen atoms in total. The van der Waals surface area contributed by atoms with Crippen molar-refractivity contribution in [1.82, 2.24) is 14.5 Å². The number of ether oxygens (including phenoxy) is 1. The van der Waals surface area contributed by atoms with Gasteiger partial charge in [0.15, 0.2) is 0 Å². The molecule has 162 valence electrons. The van der Waals surface area contributed by atoms with Crippen LogP contribution < -0.4 is 10.9 Å². The Labute approximate surface area is 177 Å². The van der Waals surface area contributed by atoms with Crippen LogP contribution in [0.1, 0.15) is 18.0 Å². The van der Waals surface area contributed by atoms with Gasteiger partial charge in [0.2, 0.25) is 5.95 Å². The number of aliphatic hydroxyl groups is 1. The summed E-state index contributed by atoms with van der Waals surface area (Å²) in [6, 6.07) is 9.35. The van der Waals surface area contributed by atoms with Crippen molar-refractivity contribution in [3.8, 4) is 11.3 Å². The molecular formula is C22H22F2N4O3. The Bertz CT molecular complexity index is 1110. The number of hydrogen-bond donors (Lipinski definition) is 2. The molecule has 9 heteroatoms. The lowest BCUT2D eigenvalue weighted by Crippen LogP contribution is -2.39. The van der Waals surface area contributed by atoms with Crippen LogP contribution in [0.4, 0.5) is 14.7 Å². The maximum atomic E-state index is 14.0. The topological polar surface area (TPSA) is 89.3 Å². The van der Waals surface area contributed by atoms with Crippen molar-refractivity contribution in [2.75, 3.05) is 25.1 Å². The number of pyridine rings is 1. The van der Waals surface area contributed by atoms with Crippen molar-refractivity contribution in [2.24, 2.45) is 0 Å². The summed E-state index contributed by atoms with van der Waals surface area (Å²) in [6.45, 7) is 0.139. The fraction of sp³-hybridized carbons (Fsp3) is 0.318. The van der Waals surface area contributed by atoms with Gasteiger partial charge < -0.3 is 19.7 Å². The molecular weight excluding hydrogens is 406 g/mol. The van der Waals surface area contributed by atoms with E-state index < -0.39 is 24.1 Å². The van der Waals surface area contributed by atoms with E-state index >= 15 is 0 Å². The van der Waals surface area contributed by atoms with Gasteiger partial charge in [-0.2, -0.15) is 0 Å². The minimum absolute atomic E-state index is 0.0346. The van der Waals surface area contributed by atoms with E-state index in [1.165, 1.54) is 41.2 Å². The van der Waals surface area contributed by atoms with Crippen LogP contribution in [0.25, 0.3) is 11.3 Å². The van der Waals surface area contributed by atoms with Gasteiger partial charge in [-0.05, 0) is 36.2 Å². The average molecular weight is 428 g/mol. The molecule has 0 spiro atoms. The second kappa shape index (κ2) is 9.32. The SMILES string of the molecule is O=c1cc(-c2ccnc(N[C@H]3CCOC[C@H]3F)n2)ccn1C(CO)c1cccc(F)c1. The predicted octanol–water partition coefficient (Wildman–Crippen LogP) is 2.57. The van der Waals surface area contributed by atoms with Gasteiger partial charge in [0.25, 0.3) is 5.56 Å². The summed E-state index contributed by atoms with van der Waals surface area (Å²) in [4.78, 5) is 21.3. The molecule has 3 aromatic rings. The second-order valence-corrected chi connectivity index (χ2v) is 7.31. The van der Waals surface area contributed by atoms with Crippen LogP contribution in [0.2, 0.25) is 0 Å². The van der Waals surface area contributed by atoms with E-state index in [4.69, 9.17) is 4.74 Å². The zero-order valence-corrected chi connectivity index (χ0v) is 16.6. The third-order valence-electron chi connectivity index (χ3n) is 5.24. The summed E-state index contributed by atoms with van der Waals surface area (Å²) in [6.07, 6.45) is 2.43. The Balaban J connectivity index is 1.58. The van der Waals surface area contributed by atoms with E-state index in [2.05, 4.69) is 15.3 Å². The van der Waals surface area contributed by atoms with Crippen molar-refractivity contribution >= 4 is 5.95 Å². The van der Waals surface area contributed by atoms with E-state index in [0.29, 0.717) is 29.8 Å². The van der Waals surface area contributed by atoms with E-state index in [0.717, 1.165) is 0 Å². The average Bonchev–Trinajstić information content (AvgIpc) is 2.77. The summed E-state index contributed by atoms with van der Waals surface area (Å²) in [7, 11) is 0. The number of anilines is 1. The monoisotopic (exact) mass is 428 g/mol. The molecule has 0 amide bonds. The molecule has 2 N–H and O–H groups in total. The number of nitrogens with zero attached hydrogens (tertiary/aromatic N) is 3. The molecule has 1 saturated heterocycles. The van der Waals surface area contributed by atoms with E-state index in [9.17, 15) is 18.7 Å². The van der Waals surface area contributed by atoms with Gasteiger partial charge in [-0.1, -0.05) is 12.1 Å². The van der Waals surface area contributed by atoms with Crippen LogP contribution >= 0.6 is 0 Å². The number of benzene rings is 1. The molecule has 1 aliphatic heterocycles. The molecule has 1 aliphatic rings. The highest BCUT2D eigenvalue weighted by atomic mass is 19.1. The zero-order valence-electron chi connectivity index (χ0n) is 16.6. The third kappa shape index (κ3) is 4.78. The van der Waals surface area contributed by atoms with Crippen LogP contribution in [0.15, 0.2) is 59.7 Å². The Hall–Kier alpha value is -3.17. The third-order valence-corrected chi connectivity index (χ3v) is 5.24. The largest absolute Gasteiger partial charge is 0.394 e. The fourth-order valence-electron chi connectivity index (χ4n) is 3.60. The van der Waals surface area contributed by atoms with Gasteiger partial charge >= 0.3 is 0 Å². The molecule has 0 radical (unpaired) electrons. The number of hydrogen-bond acceptors (Lipinski definition) is 6. The lowest BCUT2D eigenvalue weighted by atomic mass is 10.1. The van der Waals surface area contributed by atoms with E-state index in [-0.39, 0.29) is 24.7 Å². The number of nitrogens with one attached hydrogen (secondary N) is 1. The zero-order chi connectivity index (χ0) is 21.8. The van der Waals surface area contributed by atoms with Crippen LogP contribution in [0.3, 0.4) is 0 Å². The summed E-state index contributed by atoms with van der Waals surface area (Å²) in [5, 5.41) is 12.8. The maximum absolute atomic E-state index is 14.0. The summed E-state index contributed by atoms with van der Waals surface area (Å²) in [5.74, 6) is -0.175. The molecule has 2 aromatic heterocycles. The van der Waals surface area contributed by atoms with Crippen molar-refractivity contribution in [3.63, 3.8) is 0 Å².